The molecule has 2 rings (SSSR count). The quantitative estimate of drug-likeness (QED) is 0.662. The summed E-state index contributed by atoms with van der Waals surface area (Å²) in [4.78, 5) is 2.07. The van der Waals surface area contributed by atoms with E-state index in [0.29, 0.717) is 5.69 Å². The number of anilines is 1. The Bertz CT molecular complexity index is 454. The van der Waals surface area contributed by atoms with Crippen LogP contribution in [0.15, 0.2) is 30.9 Å². The Morgan fingerprint density at radius 3 is 2.75 bits per heavy atom. The van der Waals surface area contributed by atoms with Gasteiger partial charge in [0.2, 0.25) is 0 Å². The van der Waals surface area contributed by atoms with E-state index in [9.17, 15) is 4.39 Å². The smallest absolute Gasteiger partial charge is 0.146 e. The van der Waals surface area contributed by atoms with Crippen LogP contribution in [0.2, 0.25) is 0 Å². The molecule has 110 valence electrons. The number of benzene rings is 1. The van der Waals surface area contributed by atoms with Crippen LogP contribution in [0.3, 0.4) is 0 Å². The Morgan fingerprint density at radius 2 is 2.10 bits per heavy atom. The average molecular weight is 278 g/mol. The standard InChI is InChI=1S/C16H23FN2O/c1-4-7-18-9-14-5-6-15(17)16(8-14)19-10-12(2)20-13(3)11-19/h4-6,8,12-13,18H,1,7,9-11H2,2-3H3. The fourth-order valence-corrected chi connectivity index (χ4v) is 2.60. The molecule has 0 saturated carbocycles. The number of nitrogens with zero attached hydrogens (tertiary/aromatic N) is 1. The van der Waals surface area contributed by atoms with Crippen LogP contribution < -0.4 is 10.2 Å². The monoisotopic (exact) mass is 278 g/mol. The second-order valence-corrected chi connectivity index (χ2v) is 5.37. The Kier molecular flexibility index (Phi) is 5.15. The van der Waals surface area contributed by atoms with E-state index in [2.05, 4.69) is 16.8 Å². The van der Waals surface area contributed by atoms with Gasteiger partial charge in [-0.1, -0.05) is 12.1 Å². The van der Waals surface area contributed by atoms with Gasteiger partial charge in [0.05, 0.1) is 17.9 Å². The van der Waals surface area contributed by atoms with Gasteiger partial charge in [-0.25, -0.2) is 4.39 Å². The summed E-state index contributed by atoms with van der Waals surface area (Å²) in [6.07, 6.45) is 2.07. The van der Waals surface area contributed by atoms with Crippen molar-refractivity contribution in [3.8, 4) is 0 Å². The van der Waals surface area contributed by atoms with E-state index in [4.69, 9.17) is 4.74 Å². The maximum Gasteiger partial charge on any atom is 0.146 e. The van der Waals surface area contributed by atoms with E-state index in [1.54, 1.807) is 6.07 Å². The summed E-state index contributed by atoms with van der Waals surface area (Å²) in [6, 6.07) is 5.30. The number of ether oxygens (including phenoxy) is 1. The lowest BCUT2D eigenvalue weighted by Gasteiger charge is -2.37. The van der Waals surface area contributed by atoms with Crippen LogP contribution in [0.1, 0.15) is 19.4 Å². The molecule has 2 atom stereocenters. The molecule has 1 N–H and O–H groups in total. The molecule has 0 spiro atoms. The minimum absolute atomic E-state index is 0.126. The SMILES string of the molecule is C=CCNCc1ccc(F)c(N2CC(C)OC(C)C2)c1. The molecule has 0 aliphatic carbocycles. The van der Waals surface area contributed by atoms with E-state index in [0.717, 1.165) is 31.7 Å². The molecular weight excluding hydrogens is 255 g/mol. The fraction of sp³-hybridized carbons (Fsp3) is 0.500. The molecule has 1 fully saturated rings. The normalized spacial score (nSPS) is 22.9. The zero-order chi connectivity index (χ0) is 14.5. The predicted molar refractivity (Wildman–Crippen MR) is 80.5 cm³/mol. The summed E-state index contributed by atoms with van der Waals surface area (Å²) in [6.45, 7) is 10.6. The maximum absolute atomic E-state index is 14.1. The average Bonchev–Trinajstić information content (AvgIpc) is 2.40. The molecule has 0 aromatic heterocycles. The van der Waals surface area contributed by atoms with Crippen molar-refractivity contribution in [2.75, 3.05) is 24.5 Å². The molecule has 20 heavy (non-hydrogen) atoms. The summed E-state index contributed by atoms with van der Waals surface area (Å²) in [5, 5.41) is 3.23. The molecule has 1 heterocycles. The van der Waals surface area contributed by atoms with Gasteiger partial charge in [0.15, 0.2) is 0 Å². The third-order valence-corrected chi connectivity index (χ3v) is 3.39. The Balaban J connectivity index is 2.13. The Hall–Kier alpha value is -1.39. The molecule has 1 saturated heterocycles. The van der Waals surface area contributed by atoms with Crippen LogP contribution >= 0.6 is 0 Å². The van der Waals surface area contributed by atoms with E-state index in [-0.39, 0.29) is 18.0 Å². The Labute approximate surface area is 120 Å². The first-order valence-corrected chi connectivity index (χ1v) is 7.10. The number of hydrogen-bond donors (Lipinski definition) is 1. The molecule has 4 heteroatoms. The van der Waals surface area contributed by atoms with E-state index in [1.165, 1.54) is 0 Å². The zero-order valence-corrected chi connectivity index (χ0v) is 12.2. The van der Waals surface area contributed by atoms with E-state index < -0.39 is 0 Å². The summed E-state index contributed by atoms with van der Waals surface area (Å²) in [7, 11) is 0. The molecule has 1 aromatic carbocycles. The van der Waals surface area contributed by atoms with Crippen molar-refractivity contribution in [1.29, 1.82) is 0 Å². The maximum atomic E-state index is 14.1. The van der Waals surface area contributed by atoms with Crippen molar-refractivity contribution in [2.45, 2.75) is 32.6 Å². The summed E-state index contributed by atoms with van der Waals surface area (Å²) >= 11 is 0. The molecule has 1 aliphatic rings. The lowest BCUT2D eigenvalue weighted by atomic mass is 10.1. The molecular formula is C16H23FN2O. The first-order chi connectivity index (χ1) is 9.60. The van der Waals surface area contributed by atoms with Gasteiger partial charge >= 0.3 is 0 Å². The van der Waals surface area contributed by atoms with Crippen LogP contribution in [0.25, 0.3) is 0 Å². The highest BCUT2D eigenvalue weighted by Crippen LogP contribution is 2.24. The van der Waals surface area contributed by atoms with Crippen molar-refractivity contribution in [2.24, 2.45) is 0 Å². The third-order valence-electron chi connectivity index (χ3n) is 3.39. The second kappa shape index (κ2) is 6.86. The first kappa shape index (κ1) is 15.0. The largest absolute Gasteiger partial charge is 0.372 e. The zero-order valence-electron chi connectivity index (χ0n) is 12.2. The van der Waals surface area contributed by atoms with Gasteiger partial charge in [-0.3, -0.25) is 0 Å². The van der Waals surface area contributed by atoms with Crippen LogP contribution in [0.5, 0.6) is 0 Å². The van der Waals surface area contributed by atoms with Crippen molar-refractivity contribution >= 4 is 5.69 Å². The Morgan fingerprint density at radius 1 is 1.40 bits per heavy atom. The van der Waals surface area contributed by atoms with Crippen LogP contribution in [0, 0.1) is 5.82 Å². The number of nitrogens with one attached hydrogen (secondary N) is 1. The molecule has 2 unspecified atom stereocenters. The lowest BCUT2D eigenvalue weighted by molar-refractivity contribution is -0.00539. The van der Waals surface area contributed by atoms with E-state index >= 15 is 0 Å². The molecule has 0 radical (unpaired) electrons. The summed E-state index contributed by atoms with van der Waals surface area (Å²) < 4.78 is 19.8. The highest BCUT2D eigenvalue weighted by atomic mass is 19.1. The number of halogens is 1. The van der Waals surface area contributed by atoms with Crippen molar-refractivity contribution in [3.05, 3.63) is 42.2 Å². The van der Waals surface area contributed by atoms with Crippen molar-refractivity contribution < 1.29 is 9.13 Å². The third kappa shape index (κ3) is 3.81. The lowest BCUT2D eigenvalue weighted by Crippen LogP contribution is -2.45. The molecule has 0 bridgehead atoms. The minimum Gasteiger partial charge on any atom is -0.372 e. The first-order valence-electron chi connectivity index (χ1n) is 7.10. The highest BCUT2D eigenvalue weighted by Gasteiger charge is 2.24. The van der Waals surface area contributed by atoms with Gasteiger partial charge in [-0.15, -0.1) is 6.58 Å². The molecule has 3 nitrogen and oxygen atoms in total. The number of rotatable bonds is 5. The summed E-state index contributed by atoms with van der Waals surface area (Å²) in [5.41, 5.74) is 1.75. The number of morpholine rings is 1. The molecule has 1 aliphatic heterocycles. The number of hydrogen-bond acceptors (Lipinski definition) is 3. The van der Waals surface area contributed by atoms with E-state index in [1.807, 2.05) is 32.1 Å². The van der Waals surface area contributed by atoms with Crippen LogP contribution in [-0.2, 0) is 11.3 Å². The highest BCUT2D eigenvalue weighted by molar-refractivity contribution is 5.50. The van der Waals surface area contributed by atoms with Crippen LogP contribution in [-0.4, -0.2) is 31.8 Å². The van der Waals surface area contributed by atoms with Gasteiger partial charge in [-0.2, -0.15) is 0 Å². The van der Waals surface area contributed by atoms with Crippen molar-refractivity contribution in [1.82, 2.24) is 5.32 Å². The minimum atomic E-state index is -0.168. The van der Waals surface area contributed by atoms with Crippen molar-refractivity contribution in [3.63, 3.8) is 0 Å². The second-order valence-electron chi connectivity index (χ2n) is 5.37. The van der Waals surface area contributed by atoms with Gasteiger partial charge < -0.3 is 15.0 Å². The van der Waals surface area contributed by atoms with Gasteiger partial charge in [0.1, 0.15) is 5.82 Å². The fourth-order valence-electron chi connectivity index (χ4n) is 2.60. The van der Waals surface area contributed by atoms with Gasteiger partial charge in [0.25, 0.3) is 0 Å². The van der Waals surface area contributed by atoms with Gasteiger partial charge in [0, 0.05) is 26.2 Å². The topological polar surface area (TPSA) is 24.5 Å². The van der Waals surface area contributed by atoms with Gasteiger partial charge in [-0.05, 0) is 31.5 Å². The summed E-state index contributed by atoms with van der Waals surface area (Å²) in [5.74, 6) is -0.168. The predicted octanol–water partition coefficient (Wildman–Crippen LogP) is 2.71. The van der Waals surface area contributed by atoms with Crippen LogP contribution in [0.4, 0.5) is 10.1 Å². The molecule has 1 aromatic rings. The molecule has 0 amide bonds.